The van der Waals surface area contributed by atoms with Gasteiger partial charge in [0.1, 0.15) is 5.75 Å². The summed E-state index contributed by atoms with van der Waals surface area (Å²) in [7, 11) is 1.49. The molecule has 0 radical (unpaired) electrons. The van der Waals surface area contributed by atoms with Gasteiger partial charge < -0.3 is 15.0 Å². The fourth-order valence-corrected chi connectivity index (χ4v) is 2.79. The second-order valence-corrected chi connectivity index (χ2v) is 5.67. The molecule has 1 aliphatic rings. The number of ether oxygens (including phenoxy) is 1. The maximum Gasteiger partial charge on any atom is 0.321 e. The van der Waals surface area contributed by atoms with Crippen molar-refractivity contribution in [1.82, 2.24) is 15.5 Å². The van der Waals surface area contributed by atoms with Gasteiger partial charge in [0.2, 0.25) is 5.91 Å². The van der Waals surface area contributed by atoms with Crippen LogP contribution in [0.1, 0.15) is 13.8 Å². The highest BCUT2D eigenvalue weighted by molar-refractivity contribution is 5.96. The molecule has 1 unspecified atom stereocenters. The van der Waals surface area contributed by atoms with Crippen LogP contribution in [0.15, 0.2) is 24.3 Å². The average Bonchev–Trinajstić information content (AvgIpc) is 2.62. The van der Waals surface area contributed by atoms with Crippen molar-refractivity contribution in [2.24, 2.45) is 0 Å². The first-order valence-corrected chi connectivity index (χ1v) is 8.30. The Kier molecular flexibility index (Phi) is 6.43. The van der Waals surface area contributed by atoms with E-state index in [1.807, 2.05) is 32.0 Å². The minimum Gasteiger partial charge on any atom is -0.492 e. The molecule has 7 heteroatoms. The highest BCUT2D eigenvalue weighted by atomic mass is 16.5. The zero-order chi connectivity index (χ0) is 17.5. The number of amides is 3. The lowest BCUT2D eigenvalue weighted by atomic mass is 10.2. The molecule has 1 fully saturated rings. The Balaban J connectivity index is 1.94. The molecule has 7 nitrogen and oxygen atoms in total. The van der Waals surface area contributed by atoms with Crippen molar-refractivity contribution >= 4 is 17.6 Å². The molecule has 0 spiro atoms. The summed E-state index contributed by atoms with van der Waals surface area (Å²) >= 11 is 0. The number of hydrogen-bond donors (Lipinski definition) is 2. The van der Waals surface area contributed by atoms with Gasteiger partial charge in [0.25, 0.3) is 0 Å². The van der Waals surface area contributed by atoms with Crippen LogP contribution in [0.25, 0.3) is 0 Å². The number of nitrogens with one attached hydrogen (secondary N) is 2. The number of para-hydroxylation sites is 2. The zero-order valence-corrected chi connectivity index (χ0v) is 14.5. The first kappa shape index (κ1) is 18.1. The minimum absolute atomic E-state index is 0.280. The third kappa shape index (κ3) is 4.38. The number of hydrogen-bond acceptors (Lipinski definition) is 5. The van der Waals surface area contributed by atoms with Crippen LogP contribution in [0.5, 0.6) is 5.75 Å². The van der Waals surface area contributed by atoms with Gasteiger partial charge in [-0.1, -0.05) is 12.1 Å². The number of nitrogens with zero attached hydrogens (tertiary/aromatic N) is 2. The molecule has 1 heterocycles. The van der Waals surface area contributed by atoms with Gasteiger partial charge in [0, 0.05) is 33.2 Å². The summed E-state index contributed by atoms with van der Waals surface area (Å²) in [6, 6.07) is 7.19. The number of urea groups is 1. The topological polar surface area (TPSA) is 73.9 Å². The van der Waals surface area contributed by atoms with Gasteiger partial charge in [-0.2, -0.15) is 0 Å². The van der Waals surface area contributed by atoms with Gasteiger partial charge in [-0.25, -0.2) is 4.79 Å². The Bertz CT molecular complexity index is 571. The number of rotatable bonds is 5. The van der Waals surface area contributed by atoms with E-state index in [2.05, 4.69) is 26.5 Å². The molecular weight excluding hydrogens is 308 g/mol. The highest BCUT2D eigenvalue weighted by Crippen LogP contribution is 2.29. The van der Waals surface area contributed by atoms with E-state index in [1.165, 1.54) is 7.05 Å². The first-order chi connectivity index (χ1) is 11.6. The SMILES string of the molecule is CCOc1ccccc1N1CCN(C(C)C(=O)NC(=O)NC)CC1. The molecule has 1 atom stereocenters. The number of anilines is 1. The first-order valence-electron chi connectivity index (χ1n) is 8.30. The normalized spacial score (nSPS) is 16.4. The van der Waals surface area contributed by atoms with Crippen LogP contribution in [-0.4, -0.2) is 62.7 Å². The van der Waals surface area contributed by atoms with E-state index >= 15 is 0 Å². The fourth-order valence-electron chi connectivity index (χ4n) is 2.79. The molecule has 1 aromatic rings. The zero-order valence-electron chi connectivity index (χ0n) is 14.5. The lowest BCUT2D eigenvalue weighted by molar-refractivity contribution is -0.124. The molecule has 0 aliphatic carbocycles. The smallest absolute Gasteiger partial charge is 0.321 e. The minimum atomic E-state index is -0.476. The summed E-state index contributed by atoms with van der Waals surface area (Å²) < 4.78 is 5.70. The molecule has 1 aliphatic heterocycles. The molecular formula is C17H26N4O3. The summed E-state index contributed by atoms with van der Waals surface area (Å²) in [5.41, 5.74) is 1.08. The molecule has 1 saturated heterocycles. The Morgan fingerprint density at radius 1 is 1.21 bits per heavy atom. The standard InChI is InChI=1S/C17H26N4O3/c1-4-24-15-8-6-5-7-14(15)21-11-9-20(10-12-21)13(2)16(22)19-17(23)18-3/h5-8,13H,4,9-12H2,1-3H3,(H2,18,19,22,23). The number of carbonyl (C=O) groups excluding carboxylic acids is 2. The van der Waals surface area contributed by atoms with Crippen molar-refractivity contribution in [3.05, 3.63) is 24.3 Å². The van der Waals surface area contributed by atoms with Crippen LogP contribution in [0.4, 0.5) is 10.5 Å². The maximum atomic E-state index is 12.1. The average molecular weight is 334 g/mol. The molecule has 3 amide bonds. The van der Waals surface area contributed by atoms with Gasteiger partial charge >= 0.3 is 6.03 Å². The van der Waals surface area contributed by atoms with Crippen molar-refractivity contribution < 1.29 is 14.3 Å². The van der Waals surface area contributed by atoms with Gasteiger partial charge in [0.05, 0.1) is 18.3 Å². The van der Waals surface area contributed by atoms with E-state index in [0.717, 1.165) is 37.6 Å². The van der Waals surface area contributed by atoms with Crippen LogP contribution in [0.2, 0.25) is 0 Å². The summed E-state index contributed by atoms with van der Waals surface area (Å²) in [4.78, 5) is 27.7. The number of piperazine rings is 1. The van der Waals surface area contributed by atoms with Crippen molar-refractivity contribution in [2.75, 3.05) is 44.7 Å². The molecule has 24 heavy (non-hydrogen) atoms. The predicted molar refractivity (Wildman–Crippen MR) is 93.5 cm³/mol. The van der Waals surface area contributed by atoms with Crippen molar-refractivity contribution in [3.8, 4) is 5.75 Å². The monoisotopic (exact) mass is 334 g/mol. The van der Waals surface area contributed by atoms with E-state index in [4.69, 9.17) is 4.74 Å². The van der Waals surface area contributed by atoms with Crippen molar-refractivity contribution in [2.45, 2.75) is 19.9 Å². The van der Waals surface area contributed by atoms with E-state index in [1.54, 1.807) is 0 Å². The number of carbonyl (C=O) groups is 2. The van der Waals surface area contributed by atoms with Crippen LogP contribution in [0.3, 0.4) is 0 Å². The van der Waals surface area contributed by atoms with Gasteiger partial charge in [0.15, 0.2) is 0 Å². The Labute approximate surface area is 142 Å². The summed E-state index contributed by atoms with van der Waals surface area (Å²) in [6.45, 7) is 7.55. The van der Waals surface area contributed by atoms with Crippen LogP contribution in [0, 0.1) is 0 Å². The Hall–Kier alpha value is -2.28. The van der Waals surface area contributed by atoms with E-state index in [0.29, 0.717) is 6.61 Å². The Morgan fingerprint density at radius 2 is 1.88 bits per heavy atom. The molecule has 1 aromatic carbocycles. The number of benzene rings is 1. The molecule has 2 N–H and O–H groups in total. The lowest BCUT2D eigenvalue weighted by Gasteiger charge is -2.38. The van der Waals surface area contributed by atoms with Crippen LogP contribution < -0.4 is 20.3 Å². The van der Waals surface area contributed by atoms with Crippen LogP contribution >= 0.6 is 0 Å². The third-order valence-corrected chi connectivity index (χ3v) is 4.21. The van der Waals surface area contributed by atoms with E-state index < -0.39 is 6.03 Å². The summed E-state index contributed by atoms with van der Waals surface area (Å²) in [5.74, 6) is 0.608. The van der Waals surface area contributed by atoms with Crippen molar-refractivity contribution in [1.29, 1.82) is 0 Å². The van der Waals surface area contributed by atoms with Gasteiger partial charge in [-0.3, -0.25) is 15.0 Å². The molecule has 132 valence electrons. The highest BCUT2D eigenvalue weighted by Gasteiger charge is 2.27. The van der Waals surface area contributed by atoms with E-state index in [9.17, 15) is 9.59 Å². The van der Waals surface area contributed by atoms with Crippen LogP contribution in [-0.2, 0) is 4.79 Å². The maximum absolute atomic E-state index is 12.1. The second kappa shape index (κ2) is 8.54. The second-order valence-electron chi connectivity index (χ2n) is 5.67. The molecule has 2 rings (SSSR count). The van der Waals surface area contributed by atoms with Gasteiger partial charge in [-0.05, 0) is 26.0 Å². The predicted octanol–water partition coefficient (Wildman–Crippen LogP) is 1.05. The van der Waals surface area contributed by atoms with E-state index in [-0.39, 0.29) is 11.9 Å². The van der Waals surface area contributed by atoms with Crippen molar-refractivity contribution in [3.63, 3.8) is 0 Å². The fraction of sp³-hybridized carbons (Fsp3) is 0.529. The third-order valence-electron chi connectivity index (χ3n) is 4.21. The largest absolute Gasteiger partial charge is 0.492 e. The number of imide groups is 1. The molecule has 0 aromatic heterocycles. The quantitative estimate of drug-likeness (QED) is 0.842. The lowest BCUT2D eigenvalue weighted by Crippen LogP contribution is -2.55. The summed E-state index contributed by atoms with van der Waals surface area (Å²) in [5, 5.41) is 4.72. The summed E-state index contributed by atoms with van der Waals surface area (Å²) in [6.07, 6.45) is 0. The van der Waals surface area contributed by atoms with Gasteiger partial charge in [-0.15, -0.1) is 0 Å². The molecule has 0 bridgehead atoms. The molecule has 0 saturated carbocycles. The Morgan fingerprint density at radius 3 is 2.50 bits per heavy atom.